The van der Waals surface area contributed by atoms with Crippen molar-refractivity contribution in [1.29, 1.82) is 0 Å². The molecule has 3 unspecified atom stereocenters. The maximum Gasteiger partial charge on any atom is 0.137 e. The van der Waals surface area contributed by atoms with Crippen LogP contribution in [0.2, 0.25) is 5.02 Å². The Balaban J connectivity index is 1.29. The summed E-state index contributed by atoms with van der Waals surface area (Å²) in [7, 11) is 0. The molecular formula is C37H24ClNO2. The molecule has 1 aromatic heterocycles. The van der Waals surface area contributed by atoms with Crippen molar-refractivity contribution < 1.29 is 9.15 Å². The minimum atomic E-state index is -0.390. The van der Waals surface area contributed by atoms with Gasteiger partial charge in [-0.25, -0.2) is 0 Å². The molecular weight excluding hydrogens is 526 g/mol. The maximum absolute atomic E-state index is 7.11. The predicted molar refractivity (Wildman–Crippen MR) is 166 cm³/mol. The molecule has 1 N–H and O–H groups in total. The van der Waals surface area contributed by atoms with E-state index in [9.17, 15) is 0 Å². The summed E-state index contributed by atoms with van der Waals surface area (Å²) in [5.41, 5.74) is 9.32. The van der Waals surface area contributed by atoms with E-state index in [0.717, 1.165) is 39.1 Å². The van der Waals surface area contributed by atoms with Gasteiger partial charge in [-0.15, -0.1) is 0 Å². The van der Waals surface area contributed by atoms with Gasteiger partial charge in [-0.2, -0.15) is 0 Å². The zero-order valence-electron chi connectivity index (χ0n) is 22.0. The number of allylic oxidation sites excluding steroid dienone is 2. The van der Waals surface area contributed by atoms with Gasteiger partial charge in [0.05, 0.1) is 16.1 Å². The Bertz CT molecular complexity index is 2100. The highest BCUT2D eigenvalue weighted by Crippen LogP contribution is 2.63. The number of halogens is 1. The van der Waals surface area contributed by atoms with E-state index in [1.165, 1.54) is 27.8 Å². The van der Waals surface area contributed by atoms with Gasteiger partial charge in [0.1, 0.15) is 23.0 Å². The van der Waals surface area contributed by atoms with Crippen LogP contribution in [0.5, 0.6) is 5.75 Å². The van der Waals surface area contributed by atoms with E-state index in [4.69, 9.17) is 20.8 Å². The molecule has 1 aliphatic heterocycles. The molecule has 0 amide bonds. The second kappa shape index (κ2) is 8.39. The van der Waals surface area contributed by atoms with Crippen LogP contribution in [-0.2, 0) is 5.41 Å². The quantitative estimate of drug-likeness (QED) is 0.233. The molecule has 41 heavy (non-hydrogen) atoms. The number of para-hydroxylation sites is 2. The monoisotopic (exact) mass is 549 g/mol. The van der Waals surface area contributed by atoms with Crippen molar-refractivity contribution in [2.45, 2.75) is 11.5 Å². The van der Waals surface area contributed by atoms with E-state index in [2.05, 4.69) is 102 Å². The summed E-state index contributed by atoms with van der Waals surface area (Å²) in [4.78, 5) is 0. The standard InChI is InChI=1S/C37H24ClNO2/c38-36-29(20-21-33-35(36)23-11-2-6-17-30(23)40-33)39-28-16-9-15-27-34(28)22-10-1-3-12-24(22)37(27)25-13-4-7-18-31(25)41-32-19-8-5-14-26(32)37/h1-21,25,31,39H. The number of furan rings is 1. The zero-order chi connectivity index (χ0) is 27.1. The van der Waals surface area contributed by atoms with E-state index in [1.54, 1.807) is 0 Å². The summed E-state index contributed by atoms with van der Waals surface area (Å²) in [6.45, 7) is 0. The Kier molecular flexibility index (Phi) is 4.71. The molecule has 0 fully saturated rings. The smallest absolute Gasteiger partial charge is 0.137 e. The third-order valence-electron chi connectivity index (χ3n) is 9.02. The number of fused-ring (bicyclic) bond motifs is 12. The van der Waals surface area contributed by atoms with Crippen LogP contribution in [0.1, 0.15) is 16.7 Å². The Morgan fingerprint density at radius 1 is 0.659 bits per heavy atom. The number of hydrogen-bond donors (Lipinski definition) is 1. The van der Waals surface area contributed by atoms with E-state index < -0.39 is 0 Å². The molecule has 196 valence electrons. The molecule has 9 rings (SSSR count). The topological polar surface area (TPSA) is 34.4 Å². The first-order chi connectivity index (χ1) is 20.2. The van der Waals surface area contributed by atoms with Crippen molar-refractivity contribution in [2.24, 2.45) is 5.92 Å². The zero-order valence-corrected chi connectivity index (χ0v) is 22.7. The first-order valence-corrected chi connectivity index (χ1v) is 14.3. The van der Waals surface area contributed by atoms with Crippen LogP contribution >= 0.6 is 11.6 Å². The first kappa shape index (κ1) is 23.0. The van der Waals surface area contributed by atoms with Crippen molar-refractivity contribution in [3.63, 3.8) is 0 Å². The predicted octanol–water partition coefficient (Wildman–Crippen LogP) is 9.80. The number of hydrogen-bond acceptors (Lipinski definition) is 3. The van der Waals surface area contributed by atoms with Gasteiger partial charge in [0, 0.05) is 33.5 Å². The molecule has 1 spiro atoms. The Morgan fingerprint density at radius 2 is 1.44 bits per heavy atom. The lowest BCUT2D eigenvalue weighted by atomic mass is 9.60. The highest BCUT2D eigenvalue weighted by molar-refractivity contribution is 6.40. The van der Waals surface area contributed by atoms with Gasteiger partial charge in [0.2, 0.25) is 0 Å². The third kappa shape index (κ3) is 2.99. The van der Waals surface area contributed by atoms with Crippen molar-refractivity contribution >= 4 is 44.9 Å². The van der Waals surface area contributed by atoms with E-state index in [0.29, 0.717) is 5.02 Å². The highest BCUT2D eigenvalue weighted by atomic mass is 35.5. The molecule has 3 aliphatic rings. The van der Waals surface area contributed by atoms with Gasteiger partial charge >= 0.3 is 0 Å². The van der Waals surface area contributed by atoms with Crippen LogP contribution in [-0.4, -0.2) is 6.10 Å². The average Bonchev–Trinajstić information content (AvgIpc) is 3.54. The summed E-state index contributed by atoms with van der Waals surface area (Å²) in [6, 6.07) is 36.0. The molecule has 6 aromatic rings. The lowest BCUT2D eigenvalue weighted by Gasteiger charge is -2.47. The van der Waals surface area contributed by atoms with Crippen LogP contribution < -0.4 is 10.1 Å². The average molecular weight is 550 g/mol. The Labute approximate surface area is 242 Å². The minimum absolute atomic E-state index is 0.0586. The SMILES string of the molecule is Clc1c(Nc2cccc3c2-c2ccccc2C32c3ccccc3OC3C=CC=CC32)ccc2oc3ccccc3c12. The number of anilines is 2. The fourth-order valence-corrected chi connectivity index (χ4v) is 7.75. The Hall–Kier alpha value is -4.73. The summed E-state index contributed by atoms with van der Waals surface area (Å²) in [5, 5.41) is 6.34. The van der Waals surface area contributed by atoms with Crippen LogP contribution in [0.25, 0.3) is 33.1 Å². The third-order valence-corrected chi connectivity index (χ3v) is 9.41. The molecule has 2 heterocycles. The lowest BCUT2D eigenvalue weighted by Crippen LogP contribution is -2.47. The summed E-state index contributed by atoms with van der Waals surface area (Å²) >= 11 is 7.11. The molecule has 0 bridgehead atoms. The van der Waals surface area contributed by atoms with Gasteiger partial charge in [0.15, 0.2) is 0 Å². The maximum atomic E-state index is 7.11. The van der Waals surface area contributed by atoms with Gasteiger partial charge in [-0.05, 0) is 53.1 Å². The van der Waals surface area contributed by atoms with E-state index in [-0.39, 0.29) is 17.4 Å². The van der Waals surface area contributed by atoms with Crippen LogP contribution in [0.4, 0.5) is 11.4 Å². The first-order valence-electron chi connectivity index (χ1n) is 14.0. The number of nitrogens with one attached hydrogen (secondary N) is 1. The summed E-state index contributed by atoms with van der Waals surface area (Å²) in [5.74, 6) is 1.05. The van der Waals surface area contributed by atoms with Crippen LogP contribution in [0.3, 0.4) is 0 Å². The summed E-state index contributed by atoms with van der Waals surface area (Å²) in [6.07, 6.45) is 8.71. The van der Waals surface area contributed by atoms with Crippen molar-refractivity contribution in [1.82, 2.24) is 0 Å². The second-order valence-corrected chi connectivity index (χ2v) is 11.4. The largest absolute Gasteiger partial charge is 0.485 e. The highest BCUT2D eigenvalue weighted by Gasteiger charge is 2.56. The van der Waals surface area contributed by atoms with Crippen LogP contribution in [0.15, 0.2) is 132 Å². The fourth-order valence-electron chi connectivity index (χ4n) is 7.44. The molecule has 0 radical (unpaired) electrons. The van der Waals surface area contributed by atoms with Crippen molar-refractivity contribution in [3.8, 4) is 16.9 Å². The number of benzene rings is 5. The van der Waals surface area contributed by atoms with E-state index >= 15 is 0 Å². The lowest BCUT2D eigenvalue weighted by molar-refractivity contribution is 0.141. The Morgan fingerprint density at radius 3 is 2.39 bits per heavy atom. The van der Waals surface area contributed by atoms with Gasteiger partial charge in [-0.3, -0.25) is 0 Å². The van der Waals surface area contributed by atoms with Crippen molar-refractivity contribution in [2.75, 3.05) is 5.32 Å². The van der Waals surface area contributed by atoms with Gasteiger partial charge < -0.3 is 14.5 Å². The second-order valence-electron chi connectivity index (χ2n) is 11.0. The minimum Gasteiger partial charge on any atom is -0.485 e. The van der Waals surface area contributed by atoms with Gasteiger partial charge in [0.25, 0.3) is 0 Å². The molecule has 3 atom stereocenters. The van der Waals surface area contributed by atoms with Gasteiger partial charge in [-0.1, -0.05) is 103 Å². The molecule has 0 saturated heterocycles. The molecule has 5 aromatic carbocycles. The molecule has 2 aliphatic carbocycles. The number of rotatable bonds is 2. The molecule has 4 heteroatoms. The molecule has 0 saturated carbocycles. The number of ether oxygens (including phenoxy) is 1. The summed E-state index contributed by atoms with van der Waals surface area (Å²) < 4.78 is 12.7. The fraction of sp³-hybridized carbons (Fsp3) is 0.0811. The molecule has 3 nitrogen and oxygen atoms in total. The van der Waals surface area contributed by atoms with Crippen molar-refractivity contribution in [3.05, 3.63) is 149 Å². The normalized spacial score (nSPS) is 21.4. The van der Waals surface area contributed by atoms with E-state index in [1.807, 2.05) is 30.3 Å². The van der Waals surface area contributed by atoms with Crippen LogP contribution in [0, 0.1) is 5.92 Å².